The summed E-state index contributed by atoms with van der Waals surface area (Å²) in [5.41, 5.74) is 5.24. The van der Waals surface area contributed by atoms with Gasteiger partial charge >= 0.3 is 11.9 Å². The van der Waals surface area contributed by atoms with Crippen LogP contribution in [0.15, 0.2) is 48.5 Å². The standard InChI is InChI=1S/C24H26ClN3O7/c1-2-3-13-34-24(33)17-5-4-6-19(14-17)26-20(29)11-12-22(31)35-15-21(30)27-28-23(32)16-7-9-18(25)10-8-16/h4-10,14H,2-3,11-13,15H2,1H3,(H,26,29)(H,27,30)(H,28,32). The number of carbonyl (C=O) groups is 5. The number of hydrazine groups is 1. The van der Waals surface area contributed by atoms with Gasteiger partial charge in [-0.3, -0.25) is 30.0 Å². The Balaban J connectivity index is 1.67. The molecule has 2 aromatic carbocycles. The van der Waals surface area contributed by atoms with Crippen molar-refractivity contribution in [2.24, 2.45) is 0 Å². The van der Waals surface area contributed by atoms with Crippen molar-refractivity contribution in [1.82, 2.24) is 10.9 Å². The first-order valence-electron chi connectivity index (χ1n) is 10.9. The second-order valence-corrected chi connectivity index (χ2v) is 7.72. The molecule has 186 valence electrons. The lowest BCUT2D eigenvalue weighted by atomic mass is 10.2. The zero-order valence-electron chi connectivity index (χ0n) is 19.1. The Morgan fingerprint density at radius 2 is 1.60 bits per heavy atom. The van der Waals surface area contributed by atoms with Crippen molar-refractivity contribution in [3.63, 3.8) is 0 Å². The predicted molar refractivity (Wildman–Crippen MR) is 128 cm³/mol. The number of halogens is 1. The first-order valence-corrected chi connectivity index (χ1v) is 11.2. The van der Waals surface area contributed by atoms with Gasteiger partial charge in [0.15, 0.2) is 6.61 Å². The van der Waals surface area contributed by atoms with E-state index in [1.165, 1.54) is 30.3 Å². The minimum absolute atomic E-state index is 0.196. The van der Waals surface area contributed by atoms with E-state index in [1.807, 2.05) is 6.92 Å². The molecule has 2 rings (SSSR count). The third-order valence-corrected chi connectivity index (χ3v) is 4.71. The van der Waals surface area contributed by atoms with E-state index in [0.717, 1.165) is 12.8 Å². The highest BCUT2D eigenvalue weighted by atomic mass is 35.5. The summed E-state index contributed by atoms with van der Waals surface area (Å²) in [5.74, 6) is -3.06. The molecule has 3 N–H and O–H groups in total. The van der Waals surface area contributed by atoms with E-state index in [1.54, 1.807) is 18.2 Å². The third-order valence-electron chi connectivity index (χ3n) is 4.46. The third kappa shape index (κ3) is 10.3. The summed E-state index contributed by atoms with van der Waals surface area (Å²) >= 11 is 5.75. The van der Waals surface area contributed by atoms with Crippen LogP contribution in [-0.2, 0) is 23.9 Å². The summed E-state index contributed by atoms with van der Waals surface area (Å²) in [6.07, 6.45) is 1.20. The number of benzene rings is 2. The van der Waals surface area contributed by atoms with Gasteiger partial charge in [-0.25, -0.2) is 4.79 Å². The minimum atomic E-state index is -0.771. The molecule has 0 saturated carbocycles. The first kappa shape index (κ1) is 27.3. The van der Waals surface area contributed by atoms with Crippen molar-refractivity contribution in [2.75, 3.05) is 18.5 Å². The second kappa shape index (κ2) is 14.4. The molecule has 0 heterocycles. The number of unbranched alkanes of at least 4 members (excludes halogenated alkanes) is 1. The second-order valence-electron chi connectivity index (χ2n) is 7.29. The van der Waals surface area contributed by atoms with Gasteiger partial charge in [-0.1, -0.05) is 31.0 Å². The Hall–Kier alpha value is -3.92. The van der Waals surface area contributed by atoms with Crippen LogP contribution >= 0.6 is 11.6 Å². The number of anilines is 1. The van der Waals surface area contributed by atoms with Crippen LogP contribution in [0.1, 0.15) is 53.3 Å². The molecular weight excluding hydrogens is 478 g/mol. The van der Waals surface area contributed by atoms with E-state index in [-0.39, 0.29) is 18.4 Å². The van der Waals surface area contributed by atoms with Crippen molar-refractivity contribution < 1.29 is 33.4 Å². The summed E-state index contributed by atoms with van der Waals surface area (Å²) in [6, 6.07) is 12.3. The van der Waals surface area contributed by atoms with Crippen molar-refractivity contribution in [2.45, 2.75) is 32.6 Å². The molecule has 0 unspecified atom stereocenters. The van der Waals surface area contributed by atoms with Gasteiger partial charge in [0.2, 0.25) is 5.91 Å². The SMILES string of the molecule is CCCCOC(=O)c1cccc(NC(=O)CCC(=O)OCC(=O)NNC(=O)c2ccc(Cl)cc2)c1. The van der Waals surface area contributed by atoms with E-state index in [0.29, 0.717) is 22.9 Å². The lowest BCUT2D eigenvalue weighted by molar-refractivity contribution is -0.149. The molecule has 0 aliphatic carbocycles. The molecule has 0 saturated heterocycles. The molecule has 0 atom stereocenters. The molecule has 35 heavy (non-hydrogen) atoms. The van der Waals surface area contributed by atoms with Gasteiger partial charge in [-0.2, -0.15) is 0 Å². The van der Waals surface area contributed by atoms with Crippen molar-refractivity contribution >= 4 is 46.9 Å². The van der Waals surface area contributed by atoms with Gasteiger partial charge in [0.05, 0.1) is 18.6 Å². The molecule has 0 radical (unpaired) electrons. The number of esters is 2. The zero-order chi connectivity index (χ0) is 25.6. The Labute approximate surface area is 207 Å². The molecule has 0 bridgehead atoms. The zero-order valence-corrected chi connectivity index (χ0v) is 19.9. The Bertz CT molecular complexity index is 1060. The first-order chi connectivity index (χ1) is 16.8. The summed E-state index contributed by atoms with van der Waals surface area (Å²) in [7, 11) is 0. The Morgan fingerprint density at radius 3 is 2.31 bits per heavy atom. The summed E-state index contributed by atoms with van der Waals surface area (Å²) in [6.45, 7) is 1.67. The van der Waals surface area contributed by atoms with Crippen molar-refractivity contribution in [1.29, 1.82) is 0 Å². The molecule has 0 aliphatic heterocycles. The summed E-state index contributed by atoms with van der Waals surface area (Å²) in [4.78, 5) is 59.6. The topological polar surface area (TPSA) is 140 Å². The smallest absolute Gasteiger partial charge is 0.338 e. The van der Waals surface area contributed by atoms with Crippen molar-refractivity contribution in [3.8, 4) is 0 Å². The highest BCUT2D eigenvalue weighted by Gasteiger charge is 2.13. The van der Waals surface area contributed by atoms with Crippen LogP contribution in [0.4, 0.5) is 5.69 Å². The highest BCUT2D eigenvalue weighted by Crippen LogP contribution is 2.13. The number of rotatable bonds is 11. The Kier molecular flexibility index (Phi) is 11.2. The monoisotopic (exact) mass is 503 g/mol. The lowest BCUT2D eigenvalue weighted by Crippen LogP contribution is -2.43. The fourth-order valence-electron chi connectivity index (χ4n) is 2.61. The normalized spacial score (nSPS) is 10.1. The molecule has 2 aromatic rings. The van der Waals surface area contributed by atoms with E-state index in [9.17, 15) is 24.0 Å². The molecule has 0 aliphatic rings. The summed E-state index contributed by atoms with van der Waals surface area (Å²) in [5, 5.41) is 3.05. The van der Waals surface area contributed by atoms with E-state index < -0.39 is 36.3 Å². The quantitative estimate of drug-likeness (QED) is 0.243. The van der Waals surface area contributed by atoms with E-state index in [4.69, 9.17) is 21.1 Å². The van der Waals surface area contributed by atoms with E-state index in [2.05, 4.69) is 16.2 Å². The number of nitrogens with one attached hydrogen (secondary N) is 3. The van der Waals surface area contributed by atoms with Gasteiger partial charge in [0.25, 0.3) is 11.8 Å². The van der Waals surface area contributed by atoms with Gasteiger partial charge in [-0.15, -0.1) is 0 Å². The molecular formula is C24H26ClN3O7. The average molecular weight is 504 g/mol. The van der Waals surface area contributed by atoms with Gasteiger partial charge in [0, 0.05) is 22.7 Å². The van der Waals surface area contributed by atoms with Gasteiger partial charge < -0.3 is 14.8 Å². The van der Waals surface area contributed by atoms with Crippen LogP contribution in [0.5, 0.6) is 0 Å². The maximum absolute atomic E-state index is 12.1. The van der Waals surface area contributed by atoms with Gasteiger partial charge in [0.1, 0.15) is 0 Å². The van der Waals surface area contributed by atoms with Crippen LogP contribution in [-0.4, -0.2) is 42.9 Å². The fraction of sp³-hybridized carbons (Fsp3) is 0.292. The van der Waals surface area contributed by atoms with Crippen LogP contribution < -0.4 is 16.2 Å². The van der Waals surface area contributed by atoms with Gasteiger partial charge in [-0.05, 0) is 48.9 Å². The largest absolute Gasteiger partial charge is 0.462 e. The molecule has 0 spiro atoms. The number of carbonyl (C=O) groups excluding carboxylic acids is 5. The minimum Gasteiger partial charge on any atom is -0.462 e. The molecule has 10 nitrogen and oxygen atoms in total. The molecule has 0 fully saturated rings. The highest BCUT2D eigenvalue weighted by molar-refractivity contribution is 6.30. The van der Waals surface area contributed by atoms with Crippen LogP contribution in [0.2, 0.25) is 5.02 Å². The average Bonchev–Trinajstić information content (AvgIpc) is 2.85. The number of amides is 3. The lowest BCUT2D eigenvalue weighted by Gasteiger charge is -2.09. The van der Waals surface area contributed by atoms with Crippen LogP contribution in [0.3, 0.4) is 0 Å². The van der Waals surface area contributed by atoms with Crippen LogP contribution in [0, 0.1) is 0 Å². The number of hydrogen-bond donors (Lipinski definition) is 3. The summed E-state index contributed by atoms with van der Waals surface area (Å²) < 4.78 is 9.93. The molecule has 11 heteroatoms. The van der Waals surface area contributed by atoms with Crippen molar-refractivity contribution in [3.05, 3.63) is 64.7 Å². The number of hydrogen-bond acceptors (Lipinski definition) is 7. The number of ether oxygens (including phenoxy) is 2. The molecule has 3 amide bonds. The fourth-order valence-corrected chi connectivity index (χ4v) is 2.74. The Morgan fingerprint density at radius 1 is 0.857 bits per heavy atom. The maximum atomic E-state index is 12.1. The predicted octanol–water partition coefficient (Wildman–Crippen LogP) is 3.02. The van der Waals surface area contributed by atoms with E-state index >= 15 is 0 Å². The molecule has 0 aromatic heterocycles. The van der Waals surface area contributed by atoms with Crippen LogP contribution in [0.25, 0.3) is 0 Å². The maximum Gasteiger partial charge on any atom is 0.338 e.